The molecule has 0 fully saturated rings. The van der Waals surface area contributed by atoms with Crippen molar-refractivity contribution in [1.29, 1.82) is 0 Å². The molecule has 2 heteroatoms. The highest BCUT2D eigenvalue weighted by molar-refractivity contribution is 7.25. The van der Waals surface area contributed by atoms with E-state index in [2.05, 4.69) is 254 Å². The van der Waals surface area contributed by atoms with Crippen LogP contribution >= 0.6 is 11.3 Å². The van der Waals surface area contributed by atoms with Crippen molar-refractivity contribution in [3.8, 4) is 33.4 Å². The highest BCUT2D eigenvalue weighted by Gasteiger charge is 2.47. The van der Waals surface area contributed by atoms with Crippen LogP contribution in [0.4, 0.5) is 17.1 Å². The minimum atomic E-state index is -0.480. The van der Waals surface area contributed by atoms with Gasteiger partial charge in [-0.25, -0.2) is 0 Å². The van der Waals surface area contributed by atoms with E-state index in [0.717, 1.165) is 17.1 Å². The molecule has 65 heavy (non-hydrogen) atoms. The van der Waals surface area contributed by atoms with Crippen LogP contribution in [0.3, 0.4) is 0 Å². The van der Waals surface area contributed by atoms with Gasteiger partial charge in [0.2, 0.25) is 0 Å². The molecule has 0 bridgehead atoms. The van der Waals surface area contributed by atoms with Gasteiger partial charge in [0, 0.05) is 42.5 Å². The van der Waals surface area contributed by atoms with E-state index >= 15 is 0 Å². The number of fused-ring (bicyclic) bond motifs is 9. The lowest BCUT2D eigenvalue weighted by Gasteiger charge is -2.34. The summed E-state index contributed by atoms with van der Waals surface area (Å²) in [7, 11) is 0. The fourth-order valence-corrected chi connectivity index (χ4v) is 12.6. The van der Waals surface area contributed by atoms with E-state index in [0.29, 0.717) is 0 Å². The monoisotopic (exact) mass is 845 g/mol. The van der Waals surface area contributed by atoms with Crippen LogP contribution in [0.2, 0.25) is 0 Å². The molecule has 2 aliphatic carbocycles. The summed E-state index contributed by atoms with van der Waals surface area (Å²) in [5, 5.41) is 2.62. The number of hydrogen-bond donors (Lipinski definition) is 0. The molecule has 0 aliphatic heterocycles. The third-order valence-electron chi connectivity index (χ3n) is 14.4. The molecule has 2 aliphatic rings. The summed E-state index contributed by atoms with van der Waals surface area (Å²) in [4.78, 5) is 2.53. The van der Waals surface area contributed by atoms with Crippen LogP contribution in [0, 0.1) is 0 Å². The van der Waals surface area contributed by atoms with Crippen LogP contribution in [0.5, 0.6) is 0 Å². The van der Waals surface area contributed by atoms with E-state index in [4.69, 9.17) is 0 Å². The predicted octanol–water partition coefficient (Wildman–Crippen LogP) is 16.9. The van der Waals surface area contributed by atoms with E-state index in [9.17, 15) is 0 Å². The van der Waals surface area contributed by atoms with Gasteiger partial charge in [0.1, 0.15) is 0 Å². The van der Waals surface area contributed by atoms with Gasteiger partial charge >= 0.3 is 0 Å². The Kier molecular flexibility index (Phi) is 8.50. The standard InChI is InChI=1S/C63H43NS/c1-62(44-20-5-2-6-21-44)54-30-14-12-29-51(54)61-57(62)32-18-33-58(61)64(47-26-17-19-42(39-47)43-35-38-60-53(40-43)50-28-13-16-34-59(50)65-60)48-36-37-56-52(41-48)49-27-11-15-31-55(49)63(56,45-22-7-3-8-23-45)46-24-9-4-10-25-46/h2-41H,1H3. The molecule has 10 aromatic carbocycles. The van der Waals surface area contributed by atoms with Crippen LogP contribution in [-0.4, -0.2) is 0 Å². The minimum Gasteiger partial charge on any atom is -0.310 e. The normalized spacial score (nSPS) is 15.3. The Morgan fingerprint density at radius 2 is 0.923 bits per heavy atom. The van der Waals surface area contributed by atoms with Crippen molar-refractivity contribution in [2.75, 3.05) is 4.90 Å². The summed E-state index contributed by atoms with van der Waals surface area (Å²) in [5.74, 6) is 0. The van der Waals surface area contributed by atoms with Crippen molar-refractivity contribution in [2.24, 2.45) is 0 Å². The maximum atomic E-state index is 2.53. The van der Waals surface area contributed by atoms with Crippen molar-refractivity contribution >= 4 is 48.6 Å². The van der Waals surface area contributed by atoms with Gasteiger partial charge in [0.15, 0.2) is 0 Å². The molecular weight excluding hydrogens is 803 g/mol. The van der Waals surface area contributed by atoms with Crippen LogP contribution in [0.1, 0.15) is 45.9 Å². The quantitative estimate of drug-likeness (QED) is 0.154. The molecule has 306 valence electrons. The van der Waals surface area contributed by atoms with Crippen molar-refractivity contribution in [1.82, 2.24) is 0 Å². The second-order valence-corrected chi connectivity index (χ2v) is 18.8. The lowest BCUT2D eigenvalue weighted by Crippen LogP contribution is -2.28. The van der Waals surface area contributed by atoms with Crippen molar-refractivity contribution in [3.05, 3.63) is 282 Å². The van der Waals surface area contributed by atoms with Gasteiger partial charge in [0.05, 0.1) is 11.1 Å². The smallest absolute Gasteiger partial charge is 0.0713 e. The number of rotatable bonds is 7. The average molecular weight is 846 g/mol. The molecule has 0 saturated carbocycles. The number of hydrogen-bond acceptors (Lipinski definition) is 2. The van der Waals surface area contributed by atoms with Gasteiger partial charge in [0.25, 0.3) is 0 Å². The fourth-order valence-electron chi connectivity index (χ4n) is 11.5. The summed E-state index contributed by atoms with van der Waals surface area (Å²) in [6.45, 7) is 2.41. The third kappa shape index (κ3) is 5.51. The van der Waals surface area contributed by atoms with Crippen molar-refractivity contribution in [3.63, 3.8) is 0 Å². The lowest BCUT2D eigenvalue weighted by atomic mass is 9.68. The zero-order valence-corrected chi connectivity index (χ0v) is 36.8. The average Bonchev–Trinajstić information content (AvgIpc) is 3.99. The van der Waals surface area contributed by atoms with Crippen molar-refractivity contribution < 1.29 is 0 Å². The van der Waals surface area contributed by atoms with E-state index in [1.165, 1.54) is 92.5 Å². The first kappa shape index (κ1) is 37.7. The van der Waals surface area contributed by atoms with Crippen molar-refractivity contribution in [2.45, 2.75) is 17.8 Å². The van der Waals surface area contributed by atoms with Gasteiger partial charge < -0.3 is 4.90 Å². The molecule has 13 rings (SSSR count). The molecule has 0 saturated heterocycles. The Balaban J connectivity index is 1.07. The van der Waals surface area contributed by atoms with Gasteiger partial charge in [-0.3, -0.25) is 0 Å². The molecule has 0 amide bonds. The highest BCUT2D eigenvalue weighted by Crippen LogP contribution is 2.59. The first-order chi connectivity index (χ1) is 32.1. The Hall–Kier alpha value is -7.78. The number of benzene rings is 10. The molecular formula is C63H43NS. The first-order valence-electron chi connectivity index (χ1n) is 22.6. The lowest BCUT2D eigenvalue weighted by molar-refractivity contribution is 0.714. The Bertz CT molecular complexity index is 3580. The summed E-state index contributed by atoms with van der Waals surface area (Å²) in [6, 6.07) is 90.5. The summed E-state index contributed by atoms with van der Waals surface area (Å²) >= 11 is 1.87. The molecule has 1 aromatic heterocycles. The highest BCUT2D eigenvalue weighted by atomic mass is 32.1. The fraction of sp³-hybridized carbons (Fsp3) is 0.0476. The molecule has 1 atom stereocenters. The second-order valence-electron chi connectivity index (χ2n) is 17.7. The second kappa shape index (κ2) is 14.6. The SMILES string of the molecule is CC1(c2ccccc2)c2ccccc2-c2c(N(c3cccc(-c4ccc5sc6ccccc6c5c4)c3)c3ccc4c(c3)-c3ccccc3C4(c3ccccc3)c3ccccc3)cccc21. The van der Waals surface area contributed by atoms with Gasteiger partial charge in [-0.2, -0.15) is 0 Å². The van der Waals surface area contributed by atoms with Gasteiger partial charge in [-0.05, 0) is 122 Å². The molecule has 1 unspecified atom stereocenters. The third-order valence-corrected chi connectivity index (χ3v) is 15.6. The number of anilines is 3. The Morgan fingerprint density at radius 3 is 1.69 bits per heavy atom. The van der Waals surface area contributed by atoms with Gasteiger partial charge in [-0.15, -0.1) is 11.3 Å². The Labute approximate surface area is 384 Å². The largest absolute Gasteiger partial charge is 0.310 e. The molecule has 0 N–H and O–H groups in total. The minimum absolute atomic E-state index is 0.336. The zero-order valence-electron chi connectivity index (χ0n) is 35.9. The first-order valence-corrected chi connectivity index (χ1v) is 23.4. The van der Waals surface area contributed by atoms with Gasteiger partial charge in [-0.1, -0.05) is 194 Å². The van der Waals surface area contributed by atoms with Crippen LogP contribution in [0.15, 0.2) is 243 Å². The maximum absolute atomic E-state index is 2.53. The van der Waals surface area contributed by atoms with E-state index < -0.39 is 5.41 Å². The molecule has 0 radical (unpaired) electrons. The van der Waals surface area contributed by atoms with Crippen LogP contribution in [0.25, 0.3) is 53.6 Å². The summed E-state index contributed by atoms with van der Waals surface area (Å²) in [6.07, 6.45) is 0. The van der Waals surface area contributed by atoms with E-state index in [1.807, 2.05) is 11.3 Å². The predicted molar refractivity (Wildman–Crippen MR) is 274 cm³/mol. The molecule has 1 heterocycles. The number of thiophene rings is 1. The number of nitrogens with zero attached hydrogens (tertiary/aromatic N) is 1. The molecule has 0 spiro atoms. The van der Waals surface area contributed by atoms with Crippen LogP contribution < -0.4 is 4.90 Å². The van der Waals surface area contributed by atoms with Crippen LogP contribution in [-0.2, 0) is 10.8 Å². The topological polar surface area (TPSA) is 3.24 Å². The molecule has 11 aromatic rings. The van der Waals surface area contributed by atoms with E-state index in [1.54, 1.807) is 0 Å². The maximum Gasteiger partial charge on any atom is 0.0713 e. The molecule has 1 nitrogen and oxygen atoms in total. The Morgan fingerprint density at radius 1 is 0.354 bits per heavy atom. The zero-order chi connectivity index (χ0) is 43.1. The summed E-state index contributed by atoms with van der Waals surface area (Å²) in [5.41, 5.74) is 19.1. The summed E-state index contributed by atoms with van der Waals surface area (Å²) < 4.78 is 2.63. The van der Waals surface area contributed by atoms with E-state index in [-0.39, 0.29) is 5.41 Å².